The molecular weight excluding hydrogens is 418 g/mol. The number of rotatable bonds is 10. The van der Waals surface area contributed by atoms with E-state index in [9.17, 15) is 19.2 Å². The Balaban J connectivity index is 1.97. The van der Waals surface area contributed by atoms with Crippen molar-refractivity contribution in [2.45, 2.75) is 38.9 Å². The zero-order valence-electron chi connectivity index (χ0n) is 18.6. The predicted molar refractivity (Wildman–Crippen MR) is 115 cm³/mol. The van der Waals surface area contributed by atoms with E-state index < -0.39 is 35.8 Å². The van der Waals surface area contributed by atoms with Gasteiger partial charge < -0.3 is 30.2 Å². The second kappa shape index (κ2) is 12.8. The molecule has 1 aromatic rings. The molecule has 3 N–H and O–H groups in total. The summed E-state index contributed by atoms with van der Waals surface area (Å²) in [5.74, 6) is -2.36. The Bertz CT molecular complexity index is 812. The number of hydrogen-bond acceptors (Lipinski definition) is 7. The molecule has 2 bridgehead atoms. The standard InChI is InChI=1S/C22H31N3O7/c1-14(2)18(25-22(29)32-10-9-31-8-7-30-3)20(27)24-17-12-15-5-4-6-16(11-15)13-23-21(28)19(17)26/h4-6,11,14,17-18H,7-10,12-13H2,1-3H3,(H,23,28)(H,24,27)(H,25,29). The number of alkyl carbamates (subject to hydrolysis) is 1. The summed E-state index contributed by atoms with van der Waals surface area (Å²) >= 11 is 0. The van der Waals surface area contributed by atoms with Gasteiger partial charge in [0.2, 0.25) is 11.7 Å². The molecule has 10 nitrogen and oxygen atoms in total. The Morgan fingerprint density at radius 2 is 1.84 bits per heavy atom. The molecule has 0 aromatic heterocycles. The summed E-state index contributed by atoms with van der Waals surface area (Å²) in [6.07, 6.45) is -0.611. The van der Waals surface area contributed by atoms with Crippen molar-refractivity contribution in [1.82, 2.24) is 16.0 Å². The van der Waals surface area contributed by atoms with Gasteiger partial charge in [-0.15, -0.1) is 0 Å². The summed E-state index contributed by atoms with van der Waals surface area (Å²) < 4.78 is 15.1. The van der Waals surface area contributed by atoms with E-state index in [4.69, 9.17) is 14.2 Å². The molecule has 32 heavy (non-hydrogen) atoms. The van der Waals surface area contributed by atoms with Crippen molar-refractivity contribution in [2.75, 3.05) is 33.5 Å². The quantitative estimate of drug-likeness (QED) is 0.346. The molecule has 3 amide bonds. The first kappa shape index (κ1) is 25.3. The summed E-state index contributed by atoms with van der Waals surface area (Å²) in [5, 5.41) is 7.70. The fourth-order valence-electron chi connectivity index (χ4n) is 3.14. The van der Waals surface area contributed by atoms with E-state index in [2.05, 4.69) is 16.0 Å². The molecule has 0 saturated heterocycles. The van der Waals surface area contributed by atoms with Gasteiger partial charge in [0.15, 0.2) is 0 Å². The molecule has 0 aliphatic carbocycles. The van der Waals surface area contributed by atoms with Crippen LogP contribution in [0.4, 0.5) is 4.79 Å². The third-order valence-electron chi connectivity index (χ3n) is 4.86. The zero-order valence-corrected chi connectivity index (χ0v) is 18.6. The lowest BCUT2D eigenvalue weighted by molar-refractivity contribution is -0.140. The van der Waals surface area contributed by atoms with Crippen LogP contribution < -0.4 is 16.0 Å². The summed E-state index contributed by atoms with van der Waals surface area (Å²) in [6, 6.07) is 5.38. The number of hydrogen-bond donors (Lipinski definition) is 3. The Hall–Kier alpha value is -2.98. The minimum Gasteiger partial charge on any atom is -0.447 e. The first-order valence-electron chi connectivity index (χ1n) is 10.5. The van der Waals surface area contributed by atoms with Crippen molar-refractivity contribution in [1.29, 1.82) is 0 Å². The number of carbonyl (C=O) groups is 4. The molecule has 1 heterocycles. The number of Topliss-reactive ketones (excluding diaryl/α,β-unsaturated/α-hetero) is 1. The first-order chi connectivity index (χ1) is 15.3. The van der Waals surface area contributed by atoms with Crippen molar-refractivity contribution in [2.24, 2.45) is 5.92 Å². The molecule has 0 saturated carbocycles. The molecule has 1 aromatic carbocycles. The summed E-state index contributed by atoms with van der Waals surface area (Å²) in [4.78, 5) is 49.8. The molecule has 10 heteroatoms. The molecular formula is C22H31N3O7. The van der Waals surface area contributed by atoms with Crippen LogP contribution in [0.25, 0.3) is 0 Å². The molecule has 0 spiro atoms. The molecule has 0 radical (unpaired) electrons. The Labute approximate surface area is 187 Å². The van der Waals surface area contributed by atoms with Gasteiger partial charge in [-0.25, -0.2) is 4.79 Å². The number of amides is 3. The number of nitrogens with one attached hydrogen (secondary N) is 3. The van der Waals surface area contributed by atoms with Gasteiger partial charge in [-0.05, 0) is 17.0 Å². The van der Waals surface area contributed by atoms with Gasteiger partial charge in [-0.3, -0.25) is 14.4 Å². The molecule has 0 fully saturated rings. The van der Waals surface area contributed by atoms with E-state index in [1.807, 2.05) is 24.3 Å². The number of ether oxygens (including phenoxy) is 3. The molecule has 1 aliphatic rings. The van der Waals surface area contributed by atoms with Gasteiger partial charge in [-0.2, -0.15) is 0 Å². The smallest absolute Gasteiger partial charge is 0.407 e. The van der Waals surface area contributed by atoms with Gasteiger partial charge in [0.05, 0.1) is 19.8 Å². The average molecular weight is 450 g/mol. The van der Waals surface area contributed by atoms with Crippen molar-refractivity contribution >= 4 is 23.7 Å². The minimum atomic E-state index is -1.05. The molecule has 2 atom stereocenters. The summed E-state index contributed by atoms with van der Waals surface area (Å²) in [6.45, 7) is 4.75. The van der Waals surface area contributed by atoms with Crippen LogP contribution in [-0.2, 0) is 41.6 Å². The van der Waals surface area contributed by atoms with Crippen molar-refractivity contribution < 1.29 is 33.4 Å². The number of fused-ring (bicyclic) bond motifs is 2. The van der Waals surface area contributed by atoms with Crippen LogP contribution in [0.5, 0.6) is 0 Å². The van der Waals surface area contributed by atoms with Crippen molar-refractivity contribution in [3.63, 3.8) is 0 Å². The Morgan fingerprint density at radius 3 is 2.56 bits per heavy atom. The lowest BCUT2D eigenvalue weighted by Crippen LogP contribution is -2.56. The van der Waals surface area contributed by atoms with E-state index in [1.54, 1.807) is 21.0 Å². The van der Waals surface area contributed by atoms with Crippen LogP contribution in [0.15, 0.2) is 24.3 Å². The molecule has 2 unspecified atom stereocenters. The van der Waals surface area contributed by atoms with Crippen molar-refractivity contribution in [3.8, 4) is 0 Å². The van der Waals surface area contributed by atoms with Crippen LogP contribution in [0.3, 0.4) is 0 Å². The number of ketones is 1. The molecule has 2 rings (SSSR count). The highest BCUT2D eigenvalue weighted by atomic mass is 16.6. The SMILES string of the molecule is COCCOCCOC(=O)NC(C(=O)NC1Cc2cccc(c2)CNC(=O)C1=O)C(C)C. The summed E-state index contributed by atoms with van der Waals surface area (Å²) in [7, 11) is 1.56. The van der Waals surface area contributed by atoms with Crippen LogP contribution in [0.1, 0.15) is 25.0 Å². The van der Waals surface area contributed by atoms with Crippen molar-refractivity contribution in [3.05, 3.63) is 35.4 Å². The number of benzene rings is 1. The number of methoxy groups -OCH3 is 1. The van der Waals surface area contributed by atoms with Crippen LogP contribution in [0, 0.1) is 5.92 Å². The normalized spacial score (nSPS) is 16.9. The Morgan fingerprint density at radius 1 is 1.12 bits per heavy atom. The third kappa shape index (κ3) is 7.93. The Kier molecular flexibility index (Phi) is 10.1. The fraction of sp³-hybridized carbons (Fsp3) is 0.545. The topological polar surface area (TPSA) is 132 Å². The van der Waals surface area contributed by atoms with Gasteiger partial charge in [0.25, 0.3) is 5.91 Å². The van der Waals surface area contributed by atoms with E-state index in [1.165, 1.54) is 0 Å². The number of carbonyl (C=O) groups excluding carboxylic acids is 4. The monoisotopic (exact) mass is 449 g/mol. The molecule has 1 aliphatic heterocycles. The third-order valence-corrected chi connectivity index (χ3v) is 4.86. The maximum absolute atomic E-state index is 12.9. The highest BCUT2D eigenvalue weighted by molar-refractivity contribution is 6.38. The van der Waals surface area contributed by atoms with Crippen LogP contribution in [-0.4, -0.2) is 69.3 Å². The van der Waals surface area contributed by atoms with E-state index in [-0.39, 0.29) is 32.1 Å². The van der Waals surface area contributed by atoms with Crippen LogP contribution in [0.2, 0.25) is 0 Å². The van der Waals surface area contributed by atoms with Crippen LogP contribution >= 0.6 is 0 Å². The lowest BCUT2D eigenvalue weighted by atomic mass is 9.99. The average Bonchev–Trinajstić information content (AvgIpc) is 2.79. The van der Waals surface area contributed by atoms with Gasteiger partial charge >= 0.3 is 6.09 Å². The maximum atomic E-state index is 12.9. The second-order valence-corrected chi connectivity index (χ2v) is 7.74. The van der Waals surface area contributed by atoms with E-state index >= 15 is 0 Å². The predicted octanol–water partition coefficient (Wildman–Crippen LogP) is 0.327. The van der Waals surface area contributed by atoms with E-state index in [0.717, 1.165) is 11.1 Å². The molecule has 176 valence electrons. The van der Waals surface area contributed by atoms with Gasteiger partial charge in [0.1, 0.15) is 18.7 Å². The summed E-state index contributed by atoms with van der Waals surface area (Å²) in [5.41, 5.74) is 1.69. The largest absolute Gasteiger partial charge is 0.447 e. The highest BCUT2D eigenvalue weighted by Gasteiger charge is 2.32. The fourth-order valence-corrected chi connectivity index (χ4v) is 3.14. The lowest BCUT2D eigenvalue weighted by Gasteiger charge is -2.24. The van der Waals surface area contributed by atoms with Gasteiger partial charge in [0, 0.05) is 20.1 Å². The van der Waals surface area contributed by atoms with Gasteiger partial charge in [-0.1, -0.05) is 38.1 Å². The minimum absolute atomic E-state index is 0.0135. The zero-order chi connectivity index (χ0) is 23.5. The highest BCUT2D eigenvalue weighted by Crippen LogP contribution is 2.12. The van der Waals surface area contributed by atoms with E-state index in [0.29, 0.717) is 13.2 Å². The second-order valence-electron chi connectivity index (χ2n) is 7.74. The first-order valence-corrected chi connectivity index (χ1v) is 10.5. The maximum Gasteiger partial charge on any atom is 0.407 e.